The van der Waals surface area contributed by atoms with E-state index in [9.17, 15) is 4.79 Å². The molecule has 0 radical (unpaired) electrons. The molecule has 0 heterocycles. The van der Waals surface area contributed by atoms with Crippen LogP contribution in [0.4, 0.5) is 5.69 Å². The first-order chi connectivity index (χ1) is 9.65. The number of anilines is 1. The summed E-state index contributed by atoms with van der Waals surface area (Å²) in [4.78, 5) is 11.9. The summed E-state index contributed by atoms with van der Waals surface area (Å²) in [6, 6.07) is 8.13. The molecule has 2 atom stereocenters. The van der Waals surface area contributed by atoms with E-state index in [-0.39, 0.29) is 5.91 Å². The molecule has 0 bridgehead atoms. The fourth-order valence-electron chi connectivity index (χ4n) is 2.76. The molecule has 1 amide bonds. The maximum atomic E-state index is 11.9. The van der Waals surface area contributed by atoms with E-state index in [0.717, 1.165) is 10.2 Å². The van der Waals surface area contributed by atoms with Gasteiger partial charge in [0.25, 0.3) is 0 Å². The van der Waals surface area contributed by atoms with Gasteiger partial charge in [0.05, 0.1) is 6.54 Å². The number of amides is 1. The van der Waals surface area contributed by atoms with Crippen LogP contribution in [-0.2, 0) is 4.79 Å². The second kappa shape index (κ2) is 7.79. The van der Waals surface area contributed by atoms with Crippen LogP contribution < -0.4 is 10.6 Å². The number of rotatable bonds is 4. The van der Waals surface area contributed by atoms with Crippen molar-refractivity contribution >= 4 is 27.5 Å². The summed E-state index contributed by atoms with van der Waals surface area (Å²) in [5, 5.41) is 6.34. The average molecular weight is 339 g/mol. The fraction of sp³-hybridized carbons (Fsp3) is 0.562. The summed E-state index contributed by atoms with van der Waals surface area (Å²) in [7, 11) is 0. The van der Waals surface area contributed by atoms with E-state index < -0.39 is 0 Å². The van der Waals surface area contributed by atoms with E-state index in [2.05, 4.69) is 33.5 Å². The highest BCUT2D eigenvalue weighted by molar-refractivity contribution is 9.10. The Morgan fingerprint density at radius 2 is 1.90 bits per heavy atom. The zero-order valence-corrected chi connectivity index (χ0v) is 13.6. The van der Waals surface area contributed by atoms with Crippen LogP contribution in [0.15, 0.2) is 28.7 Å². The standard InChI is InChI=1S/C16H23BrN2O/c1-12-5-3-2-4-6-15(12)18-11-16(20)19-14-9-7-13(17)8-10-14/h7-10,12,15,18H,2-6,11H2,1H3,(H,19,20). The van der Waals surface area contributed by atoms with Crippen molar-refractivity contribution in [2.75, 3.05) is 11.9 Å². The SMILES string of the molecule is CC1CCCCCC1NCC(=O)Nc1ccc(Br)cc1. The molecule has 20 heavy (non-hydrogen) atoms. The molecule has 2 N–H and O–H groups in total. The van der Waals surface area contributed by atoms with Crippen LogP contribution in [0.3, 0.4) is 0 Å². The molecule has 1 aliphatic rings. The lowest BCUT2D eigenvalue weighted by molar-refractivity contribution is -0.115. The third-order valence-corrected chi connectivity index (χ3v) is 4.54. The fourth-order valence-corrected chi connectivity index (χ4v) is 3.02. The summed E-state index contributed by atoms with van der Waals surface area (Å²) in [6.07, 6.45) is 6.38. The van der Waals surface area contributed by atoms with Crippen LogP contribution >= 0.6 is 15.9 Å². The van der Waals surface area contributed by atoms with Gasteiger partial charge in [0, 0.05) is 16.2 Å². The predicted octanol–water partition coefficient (Wildman–Crippen LogP) is 3.95. The summed E-state index contributed by atoms with van der Waals surface area (Å²) < 4.78 is 1.01. The minimum absolute atomic E-state index is 0.0313. The zero-order valence-electron chi connectivity index (χ0n) is 12.0. The highest BCUT2D eigenvalue weighted by Crippen LogP contribution is 2.22. The number of nitrogens with one attached hydrogen (secondary N) is 2. The Morgan fingerprint density at radius 1 is 1.20 bits per heavy atom. The monoisotopic (exact) mass is 338 g/mol. The summed E-state index contributed by atoms with van der Waals surface area (Å²) in [5.41, 5.74) is 0.842. The number of halogens is 1. The number of carbonyl (C=O) groups is 1. The van der Waals surface area contributed by atoms with Crippen LogP contribution in [0.2, 0.25) is 0 Å². The molecule has 1 saturated carbocycles. The third kappa shape index (κ3) is 4.91. The number of carbonyl (C=O) groups excluding carboxylic acids is 1. The van der Waals surface area contributed by atoms with Crippen LogP contribution in [0.5, 0.6) is 0 Å². The van der Waals surface area contributed by atoms with Gasteiger partial charge in [-0.05, 0) is 43.0 Å². The van der Waals surface area contributed by atoms with Crippen molar-refractivity contribution in [1.29, 1.82) is 0 Å². The molecule has 2 unspecified atom stereocenters. The minimum atomic E-state index is 0.0313. The molecule has 3 nitrogen and oxygen atoms in total. The first kappa shape index (κ1) is 15.5. The Bertz CT molecular complexity index is 433. The van der Waals surface area contributed by atoms with Gasteiger partial charge in [-0.15, -0.1) is 0 Å². The molecular weight excluding hydrogens is 316 g/mol. The smallest absolute Gasteiger partial charge is 0.238 e. The molecule has 1 aromatic rings. The molecule has 110 valence electrons. The van der Waals surface area contributed by atoms with Gasteiger partial charge in [0.15, 0.2) is 0 Å². The van der Waals surface area contributed by atoms with E-state index in [0.29, 0.717) is 18.5 Å². The Kier molecular flexibility index (Phi) is 6.05. The van der Waals surface area contributed by atoms with E-state index in [4.69, 9.17) is 0 Å². The van der Waals surface area contributed by atoms with E-state index in [1.165, 1.54) is 32.1 Å². The van der Waals surface area contributed by atoms with Crippen LogP contribution in [-0.4, -0.2) is 18.5 Å². The van der Waals surface area contributed by atoms with Gasteiger partial charge in [-0.25, -0.2) is 0 Å². The highest BCUT2D eigenvalue weighted by atomic mass is 79.9. The predicted molar refractivity (Wildman–Crippen MR) is 86.8 cm³/mol. The lowest BCUT2D eigenvalue weighted by Crippen LogP contribution is -2.39. The van der Waals surface area contributed by atoms with Crippen molar-refractivity contribution < 1.29 is 4.79 Å². The quantitative estimate of drug-likeness (QED) is 0.816. The molecule has 0 saturated heterocycles. The summed E-state index contributed by atoms with van der Waals surface area (Å²) >= 11 is 3.38. The lowest BCUT2D eigenvalue weighted by Gasteiger charge is -2.22. The van der Waals surface area contributed by atoms with Crippen molar-refractivity contribution in [1.82, 2.24) is 5.32 Å². The molecule has 0 aromatic heterocycles. The van der Waals surface area contributed by atoms with E-state index in [1.54, 1.807) is 0 Å². The number of hydrogen-bond acceptors (Lipinski definition) is 2. The van der Waals surface area contributed by atoms with Gasteiger partial charge < -0.3 is 10.6 Å². The average Bonchev–Trinajstić information content (AvgIpc) is 2.64. The van der Waals surface area contributed by atoms with Crippen molar-refractivity contribution in [3.63, 3.8) is 0 Å². The first-order valence-electron chi connectivity index (χ1n) is 7.44. The molecule has 0 spiro atoms. The van der Waals surface area contributed by atoms with Crippen molar-refractivity contribution in [2.24, 2.45) is 5.92 Å². The molecule has 2 rings (SSSR count). The van der Waals surface area contributed by atoms with Crippen LogP contribution in [0, 0.1) is 5.92 Å². The maximum Gasteiger partial charge on any atom is 0.238 e. The Labute approximate surface area is 129 Å². The molecule has 1 aromatic carbocycles. The van der Waals surface area contributed by atoms with Gasteiger partial charge in [-0.2, -0.15) is 0 Å². The second-order valence-corrected chi connectivity index (χ2v) is 6.57. The maximum absolute atomic E-state index is 11.9. The number of hydrogen-bond donors (Lipinski definition) is 2. The summed E-state index contributed by atoms with van der Waals surface area (Å²) in [6.45, 7) is 2.68. The Hall–Kier alpha value is -0.870. The second-order valence-electron chi connectivity index (χ2n) is 5.66. The molecular formula is C16H23BrN2O. The van der Waals surface area contributed by atoms with E-state index >= 15 is 0 Å². The van der Waals surface area contributed by atoms with Gasteiger partial charge >= 0.3 is 0 Å². The third-order valence-electron chi connectivity index (χ3n) is 4.01. The van der Waals surface area contributed by atoms with Crippen molar-refractivity contribution in [3.05, 3.63) is 28.7 Å². The van der Waals surface area contributed by atoms with Crippen LogP contribution in [0.1, 0.15) is 39.0 Å². The topological polar surface area (TPSA) is 41.1 Å². The molecule has 1 aliphatic carbocycles. The Balaban J connectivity index is 1.78. The highest BCUT2D eigenvalue weighted by Gasteiger charge is 2.19. The van der Waals surface area contributed by atoms with Gasteiger partial charge in [0.1, 0.15) is 0 Å². The zero-order chi connectivity index (χ0) is 14.4. The normalized spacial score (nSPS) is 23.1. The minimum Gasteiger partial charge on any atom is -0.325 e. The number of benzene rings is 1. The van der Waals surface area contributed by atoms with Gasteiger partial charge in [-0.1, -0.05) is 42.1 Å². The Morgan fingerprint density at radius 3 is 2.65 bits per heavy atom. The molecule has 4 heteroatoms. The van der Waals surface area contributed by atoms with E-state index in [1.807, 2.05) is 24.3 Å². The van der Waals surface area contributed by atoms with Gasteiger partial charge in [-0.3, -0.25) is 4.79 Å². The largest absolute Gasteiger partial charge is 0.325 e. The van der Waals surface area contributed by atoms with Crippen LogP contribution in [0.25, 0.3) is 0 Å². The first-order valence-corrected chi connectivity index (χ1v) is 8.23. The summed E-state index contributed by atoms with van der Waals surface area (Å²) in [5.74, 6) is 0.696. The van der Waals surface area contributed by atoms with Gasteiger partial charge in [0.2, 0.25) is 5.91 Å². The molecule has 0 aliphatic heterocycles. The van der Waals surface area contributed by atoms with Crippen molar-refractivity contribution in [2.45, 2.75) is 45.1 Å². The molecule has 1 fully saturated rings. The van der Waals surface area contributed by atoms with Crippen molar-refractivity contribution in [3.8, 4) is 0 Å². The lowest BCUT2D eigenvalue weighted by atomic mass is 9.97.